The molecule has 0 aliphatic heterocycles. The molecule has 0 spiro atoms. The van der Waals surface area contributed by atoms with Gasteiger partial charge in [-0.25, -0.2) is 0 Å². The Morgan fingerprint density at radius 1 is 1.53 bits per heavy atom. The molecule has 1 atom stereocenters. The van der Waals surface area contributed by atoms with Crippen LogP contribution in [0.1, 0.15) is 24.3 Å². The van der Waals surface area contributed by atoms with Crippen molar-refractivity contribution in [2.45, 2.75) is 33.4 Å². The summed E-state index contributed by atoms with van der Waals surface area (Å²) in [7, 11) is 1.81. The molecule has 1 amide bonds. The summed E-state index contributed by atoms with van der Waals surface area (Å²) in [5.41, 5.74) is 7.08. The minimum atomic E-state index is -0.398. The van der Waals surface area contributed by atoms with Gasteiger partial charge in [-0.15, -0.1) is 23.7 Å². The van der Waals surface area contributed by atoms with Gasteiger partial charge in [0.2, 0.25) is 5.91 Å². The summed E-state index contributed by atoms with van der Waals surface area (Å²) in [6.45, 7) is 6.65. The van der Waals surface area contributed by atoms with Gasteiger partial charge in [-0.1, -0.05) is 13.8 Å². The number of rotatable bonds is 4. The van der Waals surface area contributed by atoms with Crippen molar-refractivity contribution in [1.82, 2.24) is 4.90 Å². The zero-order chi connectivity index (χ0) is 12.3. The van der Waals surface area contributed by atoms with E-state index in [1.165, 1.54) is 10.4 Å². The molecule has 98 valence electrons. The molecule has 3 nitrogen and oxygen atoms in total. The van der Waals surface area contributed by atoms with Crippen LogP contribution in [0.5, 0.6) is 0 Å². The molecule has 0 unspecified atom stereocenters. The Labute approximate surface area is 113 Å². The number of carbonyl (C=O) groups is 1. The maximum Gasteiger partial charge on any atom is 0.239 e. The van der Waals surface area contributed by atoms with Gasteiger partial charge >= 0.3 is 0 Å². The molecule has 1 rings (SSSR count). The number of likely N-dealkylation sites (N-methyl/N-ethyl adjacent to an activating group) is 1. The smallest absolute Gasteiger partial charge is 0.239 e. The number of hydrogen-bond acceptors (Lipinski definition) is 3. The number of nitrogens with zero attached hydrogens (tertiary/aromatic N) is 1. The van der Waals surface area contributed by atoms with Gasteiger partial charge in [0.15, 0.2) is 0 Å². The van der Waals surface area contributed by atoms with Crippen LogP contribution in [0.25, 0.3) is 0 Å². The minimum absolute atomic E-state index is 0. The number of aryl methyl sites for hydroxylation is 1. The Kier molecular flexibility index (Phi) is 6.75. The zero-order valence-corrected chi connectivity index (χ0v) is 12.4. The summed E-state index contributed by atoms with van der Waals surface area (Å²) in [6.07, 6.45) is 0. The maximum atomic E-state index is 11.9. The third-order valence-electron chi connectivity index (χ3n) is 2.73. The lowest BCUT2D eigenvalue weighted by Crippen LogP contribution is -2.44. The highest BCUT2D eigenvalue weighted by atomic mass is 35.5. The Bertz CT molecular complexity index is 365. The molecule has 0 aliphatic carbocycles. The first-order valence-corrected chi connectivity index (χ1v) is 6.35. The van der Waals surface area contributed by atoms with Crippen molar-refractivity contribution in [3.05, 3.63) is 21.9 Å². The fraction of sp³-hybridized carbons (Fsp3) is 0.583. The summed E-state index contributed by atoms with van der Waals surface area (Å²) >= 11 is 1.68. The molecular formula is C12H21ClN2OS. The zero-order valence-electron chi connectivity index (χ0n) is 10.8. The van der Waals surface area contributed by atoms with Crippen LogP contribution in [0.15, 0.2) is 11.4 Å². The predicted octanol–water partition coefficient (Wildman–Crippen LogP) is 2.42. The third kappa shape index (κ3) is 4.30. The van der Waals surface area contributed by atoms with Crippen LogP contribution in [-0.2, 0) is 11.3 Å². The fourth-order valence-electron chi connectivity index (χ4n) is 1.40. The first kappa shape index (κ1) is 16.4. The molecule has 0 aliphatic rings. The molecule has 1 aromatic heterocycles. The normalized spacial score (nSPS) is 12.1. The number of thiophene rings is 1. The van der Waals surface area contributed by atoms with E-state index >= 15 is 0 Å². The van der Waals surface area contributed by atoms with Crippen molar-refractivity contribution < 1.29 is 4.79 Å². The Balaban J connectivity index is 0.00000256. The largest absolute Gasteiger partial charge is 0.339 e. The van der Waals surface area contributed by atoms with Crippen molar-refractivity contribution in [1.29, 1.82) is 0 Å². The van der Waals surface area contributed by atoms with Gasteiger partial charge in [0.05, 0.1) is 12.6 Å². The molecule has 0 saturated heterocycles. The average molecular weight is 277 g/mol. The molecule has 0 saturated carbocycles. The Morgan fingerprint density at radius 2 is 2.12 bits per heavy atom. The molecule has 0 aromatic carbocycles. The number of hydrogen-bond donors (Lipinski definition) is 1. The molecule has 1 aromatic rings. The Hall–Kier alpha value is -0.580. The van der Waals surface area contributed by atoms with Crippen LogP contribution in [-0.4, -0.2) is 23.9 Å². The number of carbonyl (C=O) groups excluding carboxylic acids is 1. The summed E-state index contributed by atoms with van der Waals surface area (Å²) in [6, 6.07) is 1.67. The minimum Gasteiger partial charge on any atom is -0.339 e. The lowest BCUT2D eigenvalue weighted by atomic mass is 10.0. The van der Waals surface area contributed by atoms with Gasteiger partial charge in [-0.2, -0.15) is 0 Å². The first-order valence-electron chi connectivity index (χ1n) is 5.47. The van der Waals surface area contributed by atoms with Gasteiger partial charge < -0.3 is 10.6 Å². The monoisotopic (exact) mass is 276 g/mol. The van der Waals surface area contributed by atoms with E-state index in [4.69, 9.17) is 5.73 Å². The van der Waals surface area contributed by atoms with Crippen LogP contribution in [0.2, 0.25) is 0 Å². The lowest BCUT2D eigenvalue weighted by molar-refractivity contribution is -0.132. The summed E-state index contributed by atoms with van der Waals surface area (Å²) < 4.78 is 0. The van der Waals surface area contributed by atoms with Crippen LogP contribution < -0.4 is 5.73 Å². The Morgan fingerprint density at radius 3 is 2.53 bits per heavy atom. The van der Waals surface area contributed by atoms with Crippen molar-refractivity contribution in [2.24, 2.45) is 11.7 Å². The van der Waals surface area contributed by atoms with Crippen molar-refractivity contribution in [2.75, 3.05) is 7.05 Å². The second kappa shape index (κ2) is 6.99. The number of amides is 1. The summed E-state index contributed by atoms with van der Waals surface area (Å²) in [4.78, 5) is 14.9. The molecular weight excluding hydrogens is 256 g/mol. The van der Waals surface area contributed by atoms with Gasteiger partial charge in [0.1, 0.15) is 0 Å². The average Bonchev–Trinajstić information content (AvgIpc) is 2.62. The molecule has 0 fully saturated rings. The fourth-order valence-corrected chi connectivity index (χ4v) is 2.36. The lowest BCUT2D eigenvalue weighted by Gasteiger charge is -2.23. The molecule has 0 radical (unpaired) electrons. The maximum absolute atomic E-state index is 11.9. The standard InChI is InChI=1S/C12H20N2OS.ClH/c1-8(2)11(13)12(15)14(4)7-10-9(3)5-6-16-10;/h5-6,8,11H,7,13H2,1-4H3;1H/t11-;/m0./s1. The number of nitrogens with two attached hydrogens (primary N) is 1. The number of halogens is 1. The van der Waals surface area contributed by atoms with Crippen molar-refractivity contribution in [3.63, 3.8) is 0 Å². The van der Waals surface area contributed by atoms with E-state index in [0.717, 1.165) is 0 Å². The molecule has 1 heterocycles. The predicted molar refractivity (Wildman–Crippen MR) is 75.6 cm³/mol. The van der Waals surface area contributed by atoms with E-state index in [0.29, 0.717) is 6.54 Å². The van der Waals surface area contributed by atoms with E-state index < -0.39 is 6.04 Å². The van der Waals surface area contributed by atoms with Crippen molar-refractivity contribution in [3.8, 4) is 0 Å². The molecule has 0 bridgehead atoms. The SMILES string of the molecule is Cc1ccsc1CN(C)C(=O)[C@@H](N)C(C)C.Cl. The highest BCUT2D eigenvalue weighted by molar-refractivity contribution is 7.10. The van der Waals surface area contributed by atoms with Gasteiger partial charge in [-0.3, -0.25) is 4.79 Å². The molecule has 17 heavy (non-hydrogen) atoms. The highest BCUT2D eigenvalue weighted by Crippen LogP contribution is 2.17. The van der Waals surface area contributed by atoms with Crippen LogP contribution in [0.4, 0.5) is 0 Å². The van der Waals surface area contributed by atoms with E-state index in [1.807, 2.05) is 26.3 Å². The van der Waals surface area contributed by atoms with Gasteiger partial charge in [-0.05, 0) is 29.9 Å². The first-order chi connectivity index (χ1) is 7.43. The summed E-state index contributed by atoms with van der Waals surface area (Å²) in [5.74, 6) is 0.196. The van der Waals surface area contributed by atoms with E-state index in [1.54, 1.807) is 16.2 Å². The van der Waals surface area contributed by atoms with Gasteiger partial charge in [0, 0.05) is 11.9 Å². The topological polar surface area (TPSA) is 46.3 Å². The van der Waals surface area contributed by atoms with Gasteiger partial charge in [0.25, 0.3) is 0 Å². The second-order valence-electron chi connectivity index (χ2n) is 4.49. The second-order valence-corrected chi connectivity index (χ2v) is 5.49. The van der Waals surface area contributed by atoms with Crippen LogP contribution in [0, 0.1) is 12.8 Å². The molecule has 5 heteroatoms. The quantitative estimate of drug-likeness (QED) is 0.918. The highest BCUT2D eigenvalue weighted by Gasteiger charge is 2.21. The van der Waals surface area contributed by atoms with E-state index in [9.17, 15) is 4.79 Å². The van der Waals surface area contributed by atoms with E-state index in [-0.39, 0.29) is 24.2 Å². The van der Waals surface area contributed by atoms with Crippen LogP contribution >= 0.6 is 23.7 Å². The molecule has 2 N–H and O–H groups in total. The van der Waals surface area contributed by atoms with Crippen molar-refractivity contribution >= 4 is 29.7 Å². The third-order valence-corrected chi connectivity index (χ3v) is 3.74. The summed E-state index contributed by atoms with van der Waals surface area (Å²) in [5, 5.41) is 2.05. The van der Waals surface area contributed by atoms with E-state index in [2.05, 4.69) is 13.0 Å². The van der Waals surface area contributed by atoms with Crippen LogP contribution in [0.3, 0.4) is 0 Å².